The smallest absolute Gasteiger partial charge is 0.145 e. The lowest BCUT2D eigenvalue weighted by Crippen LogP contribution is -2.45. The number of ether oxygens (including phenoxy) is 1. The van der Waals surface area contributed by atoms with Crippen LogP contribution in [0.15, 0.2) is 18.5 Å². The van der Waals surface area contributed by atoms with Gasteiger partial charge in [0.1, 0.15) is 5.75 Å². The van der Waals surface area contributed by atoms with Gasteiger partial charge in [-0.25, -0.2) is 0 Å². The summed E-state index contributed by atoms with van der Waals surface area (Å²) in [6.07, 6.45) is 3.29. The SMILES string of the molecule is Nc1cnccc1OCC1CNC1. The molecule has 0 aliphatic carbocycles. The molecule has 0 amide bonds. The molecule has 1 fully saturated rings. The molecule has 3 N–H and O–H groups in total. The van der Waals surface area contributed by atoms with Gasteiger partial charge in [-0.1, -0.05) is 0 Å². The lowest BCUT2D eigenvalue weighted by atomic mass is 10.1. The van der Waals surface area contributed by atoms with E-state index in [1.807, 2.05) is 0 Å². The molecule has 0 unspecified atom stereocenters. The Morgan fingerprint density at radius 3 is 3.08 bits per heavy atom. The molecule has 0 spiro atoms. The Bertz CT molecular complexity index is 286. The Hall–Kier alpha value is -1.29. The summed E-state index contributed by atoms with van der Waals surface area (Å²) in [4.78, 5) is 3.89. The molecule has 2 rings (SSSR count). The fourth-order valence-corrected chi connectivity index (χ4v) is 1.20. The number of pyridine rings is 1. The molecule has 4 heteroatoms. The van der Waals surface area contributed by atoms with Gasteiger partial charge in [0.15, 0.2) is 0 Å². The maximum atomic E-state index is 5.66. The van der Waals surface area contributed by atoms with E-state index in [9.17, 15) is 0 Å². The van der Waals surface area contributed by atoms with Crippen molar-refractivity contribution in [3.63, 3.8) is 0 Å². The predicted molar refractivity (Wildman–Crippen MR) is 50.5 cm³/mol. The zero-order chi connectivity index (χ0) is 9.10. The molecule has 0 atom stereocenters. The quantitative estimate of drug-likeness (QED) is 0.699. The predicted octanol–water partition coefficient (Wildman–Crippen LogP) is 0.262. The molecule has 0 radical (unpaired) electrons. The average molecular weight is 179 g/mol. The largest absolute Gasteiger partial charge is 0.491 e. The van der Waals surface area contributed by atoms with Crippen LogP contribution in [0, 0.1) is 5.92 Å². The second-order valence-corrected chi connectivity index (χ2v) is 3.25. The van der Waals surface area contributed by atoms with Crippen molar-refractivity contribution in [2.75, 3.05) is 25.4 Å². The Morgan fingerprint density at radius 1 is 1.62 bits per heavy atom. The van der Waals surface area contributed by atoms with Crippen molar-refractivity contribution in [2.45, 2.75) is 0 Å². The zero-order valence-electron chi connectivity index (χ0n) is 7.36. The van der Waals surface area contributed by atoms with Crippen LogP contribution in [0.2, 0.25) is 0 Å². The van der Waals surface area contributed by atoms with E-state index in [1.165, 1.54) is 0 Å². The van der Waals surface area contributed by atoms with Crippen LogP contribution in [0.25, 0.3) is 0 Å². The highest BCUT2D eigenvalue weighted by Crippen LogP contribution is 2.19. The third-order valence-electron chi connectivity index (χ3n) is 2.15. The van der Waals surface area contributed by atoms with Gasteiger partial charge in [0.25, 0.3) is 0 Å². The van der Waals surface area contributed by atoms with Crippen molar-refractivity contribution < 1.29 is 4.74 Å². The van der Waals surface area contributed by atoms with Crippen molar-refractivity contribution in [2.24, 2.45) is 5.92 Å². The number of nitrogens with two attached hydrogens (primary N) is 1. The normalized spacial score (nSPS) is 16.6. The minimum atomic E-state index is 0.606. The molecule has 1 aliphatic heterocycles. The molecule has 4 nitrogen and oxygen atoms in total. The fraction of sp³-hybridized carbons (Fsp3) is 0.444. The highest BCUT2D eigenvalue weighted by molar-refractivity contribution is 5.49. The van der Waals surface area contributed by atoms with Gasteiger partial charge in [-0.2, -0.15) is 0 Å². The molecule has 0 bridgehead atoms. The van der Waals surface area contributed by atoms with E-state index in [1.54, 1.807) is 18.5 Å². The first kappa shape index (κ1) is 8.31. The second kappa shape index (κ2) is 3.62. The molecule has 1 aromatic rings. The Labute approximate surface area is 77.1 Å². The molecule has 1 saturated heterocycles. The highest BCUT2D eigenvalue weighted by Gasteiger charge is 2.17. The van der Waals surface area contributed by atoms with Crippen molar-refractivity contribution in [3.8, 4) is 5.75 Å². The number of hydrogen-bond acceptors (Lipinski definition) is 4. The molecular formula is C9H13N3O. The molecule has 0 saturated carbocycles. The van der Waals surface area contributed by atoms with Gasteiger partial charge in [0.2, 0.25) is 0 Å². The number of nitrogen functional groups attached to an aromatic ring is 1. The van der Waals surface area contributed by atoms with Gasteiger partial charge in [0, 0.05) is 31.3 Å². The molecule has 70 valence electrons. The monoisotopic (exact) mass is 179 g/mol. The van der Waals surface area contributed by atoms with Crippen LogP contribution in [0.5, 0.6) is 5.75 Å². The van der Waals surface area contributed by atoms with E-state index in [-0.39, 0.29) is 0 Å². The highest BCUT2D eigenvalue weighted by atomic mass is 16.5. The van der Waals surface area contributed by atoms with E-state index in [4.69, 9.17) is 10.5 Å². The minimum Gasteiger partial charge on any atom is -0.491 e. The first-order valence-corrected chi connectivity index (χ1v) is 4.39. The number of nitrogens with one attached hydrogen (secondary N) is 1. The topological polar surface area (TPSA) is 60.2 Å². The van der Waals surface area contributed by atoms with Crippen LogP contribution in [-0.4, -0.2) is 24.7 Å². The minimum absolute atomic E-state index is 0.606. The van der Waals surface area contributed by atoms with Crippen LogP contribution in [0.1, 0.15) is 0 Å². The lowest BCUT2D eigenvalue weighted by Gasteiger charge is -2.26. The fourth-order valence-electron chi connectivity index (χ4n) is 1.20. The second-order valence-electron chi connectivity index (χ2n) is 3.25. The maximum Gasteiger partial charge on any atom is 0.145 e. The first-order valence-electron chi connectivity index (χ1n) is 4.39. The summed E-state index contributed by atoms with van der Waals surface area (Å²) in [5.41, 5.74) is 6.27. The third kappa shape index (κ3) is 1.89. The van der Waals surface area contributed by atoms with Gasteiger partial charge in [0.05, 0.1) is 18.5 Å². The van der Waals surface area contributed by atoms with Gasteiger partial charge < -0.3 is 15.8 Å². The number of rotatable bonds is 3. The summed E-state index contributed by atoms with van der Waals surface area (Å²) in [5, 5.41) is 3.19. The van der Waals surface area contributed by atoms with Crippen molar-refractivity contribution in [3.05, 3.63) is 18.5 Å². The van der Waals surface area contributed by atoms with E-state index in [0.29, 0.717) is 11.6 Å². The molecule has 1 aromatic heterocycles. The number of anilines is 1. The van der Waals surface area contributed by atoms with E-state index < -0.39 is 0 Å². The van der Waals surface area contributed by atoms with Gasteiger partial charge in [-0.15, -0.1) is 0 Å². The van der Waals surface area contributed by atoms with E-state index in [0.717, 1.165) is 25.4 Å². The summed E-state index contributed by atoms with van der Waals surface area (Å²) in [6, 6.07) is 1.79. The van der Waals surface area contributed by atoms with Gasteiger partial charge in [-0.3, -0.25) is 4.98 Å². The molecule has 0 aromatic carbocycles. The number of nitrogens with zero attached hydrogens (tertiary/aromatic N) is 1. The summed E-state index contributed by atoms with van der Waals surface area (Å²) in [7, 11) is 0. The summed E-state index contributed by atoms with van der Waals surface area (Å²) >= 11 is 0. The standard InChI is InChI=1S/C9H13N3O/c10-8-5-11-2-1-9(8)13-6-7-3-12-4-7/h1-2,5,7,12H,3-4,6,10H2. The van der Waals surface area contributed by atoms with Crippen molar-refractivity contribution in [1.29, 1.82) is 0 Å². The van der Waals surface area contributed by atoms with Crippen molar-refractivity contribution in [1.82, 2.24) is 10.3 Å². The van der Waals surface area contributed by atoms with Gasteiger partial charge in [-0.05, 0) is 0 Å². The summed E-state index contributed by atoms with van der Waals surface area (Å²) in [5.74, 6) is 1.37. The summed E-state index contributed by atoms with van der Waals surface area (Å²) in [6.45, 7) is 2.83. The van der Waals surface area contributed by atoms with E-state index >= 15 is 0 Å². The van der Waals surface area contributed by atoms with Crippen LogP contribution >= 0.6 is 0 Å². The Kier molecular flexibility index (Phi) is 2.31. The van der Waals surface area contributed by atoms with Gasteiger partial charge >= 0.3 is 0 Å². The molecule has 1 aliphatic rings. The number of aromatic nitrogens is 1. The first-order chi connectivity index (χ1) is 6.36. The van der Waals surface area contributed by atoms with Crippen LogP contribution < -0.4 is 15.8 Å². The van der Waals surface area contributed by atoms with Crippen LogP contribution in [0.4, 0.5) is 5.69 Å². The number of hydrogen-bond donors (Lipinski definition) is 2. The van der Waals surface area contributed by atoms with Crippen LogP contribution in [0.3, 0.4) is 0 Å². The average Bonchev–Trinajstić information content (AvgIpc) is 2.05. The summed E-state index contributed by atoms with van der Waals surface area (Å²) < 4.78 is 5.54. The lowest BCUT2D eigenvalue weighted by molar-refractivity contribution is 0.200. The molecule has 13 heavy (non-hydrogen) atoms. The maximum absolute atomic E-state index is 5.66. The molecular weight excluding hydrogens is 166 g/mol. The Morgan fingerprint density at radius 2 is 2.46 bits per heavy atom. The van der Waals surface area contributed by atoms with Crippen molar-refractivity contribution >= 4 is 5.69 Å². The third-order valence-corrected chi connectivity index (χ3v) is 2.15. The molecule has 2 heterocycles. The van der Waals surface area contributed by atoms with E-state index in [2.05, 4.69) is 10.3 Å². The Balaban J connectivity index is 1.89. The zero-order valence-corrected chi connectivity index (χ0v) is 7.36. The van der Waals surface area contributed by atoms with Crippen LogP contribution in [-0.2, 0) is 0 Å².